The van der Waals surface area contributed by atoms with Crippen molar-refractivity contribution in [3.8, 4) is 0 Å². The van der Waals surface area contributed by atoms with Gasteiger partial charge in [0.2, 0.25) is 6.41 Å². The molecular formula is C10H11N3O2S2. The van der Waals surface area contributed by atoms with E-state index in [4.69, 9.17) is 0 Å². The summed E-state index contributed by atoms with van der Waals surface area (Å²) >= 11 is 1.52. The summed E-state index contributed by atoms with van der Waals surface area (Å²) in [5.41, 5.74) is 0.611. The molecule has 0 bridgehead atoms. The highest BCUT2D eigenvalue weighted by atomic mass is 32.2. The molecule has 7 heteroatoms. The highest BCUT2D eigenvalue weighted by Crippen LogP contribution is 2.16. The van der Waals surface area contributed by atoms with E-state index < -0.39 is 11.0 Å². The van der Waals surface area contributed by atoms with Crippen molar-refractivity contribution in [2.24, 2.45) is 0 Å². The smallest absolute Gasteiger partial charge is 0.211 e. The third-order valence-corrected chi connectivity index (χ3v) is 4.16. The molecule has 5 nitrogen and oxygen atoms in total. The number of benzene rings is 1. The minimum atomic E-state index is -1.27. The van der Waals surface area contributed by atoms with Gasteiger partial charge in [0.05, 0.1) is 4.90 Å². The Balaban J connectivity index is 1.96. The number of thioether (sulfide) groups is 1. The monoisotopic (exact) mass is 269 g/mol. The van der Waals surface area contributed by atoms with E-state index >= 15 is 0 Å². The zero-order valence-electron chi connectivity index (χ0n) is 8.75. The zero-order chi connectivity index (χ0) is 12.1. The van der Waals surface area contributed by atoms with Crippen molar-refractivity contribution in [2.75, 3.05) is 5.32 Å². The summed E-state index contributed by atoms with van der Waals surface area (Å²) in [6.07, 6.45) is 2.41. The highest BCUT2D eigenvalue weighted by Gasteiger charge is 2.13. The van der Waals surface area contributed by atoms with Crippen molar-refractivity contribution in [3.05, 3.63) is 35.9 Å². The van der Waals surface area contributed by atoms with E-state index in [9.17, 15) is 9.00 Å². The van der Waals surface area contributed by atoms with Crippen LogP contribution in [0.1, 0.15) is 0 Å². The van der Waals surface area contributed by atoms with Gasteiger partial charge in [-0.25, -0.2) is 8.93 Å². The van der Waals surface area contributed by atoms with Gasteiger partial charge in [-0.05, 0) is 29.7 Å². The fourth-order valence-electron chi connectivity index (χ4n) is 1.25. The van der Waals surface area contributed by atoms with Crippen molar-refractivity contribution in [1.29, 1.82) is 0 Å². The molecule has 1 aliphatic heterocycles. The molecule has 0 aromatic heterocycles. The van der Waals surface area contributed by atoms with Crippen LogP contribution in [0.3, 0.4) is 0 Å². The van der Waals surface area contributed by atoms with Gasteiger partial charge in [-0.1, -0.05) is 11.8 Å². The Hall–Kier alpha value is -1.31. The maximum Gasteiger partial charge on any atom is 0.211 e. The summed E-state index contributed by atoms with van der Waals surface area (Å²) in [5, 5.41) is 7.42. The standard InChI is InChI=1S/C10H11N3O2S2/c14-7-12-8-1-3-9(4-2-8)17(15)13-10-11-5-6-16-10/h1-7,10-11,13H,(H,12,14). The van der Waals surface area contributed by atoms with E-state index in [1.165, 1.54) is 11.8 Å². The van der Waals surface area contributed by atoms with Gasteiger partial charge in [0.1, 0.15) is 16.5 Å². The van der Waals surface area contributed by atoms with Gasteiger partial charge in [0.25, 0.3) is 0 Å². The second-order valence-electron chi connectivity index (χ2n) is 3.16. The van der Waals surface area contributed by atoms with Crippen LogP contribution in [0.2, 0.25) is 0 Å². The average molecular weight is 269 g/mol. The third-order valence-electron chi connectivity index (χ3n) is 2.04. The molecule has 0 fully saturated rings. The number of rotatable bonds is 5. The third kappa shape index (κ3) is 3.32. The molecule has 2 atom stereocenters. The molecule has 2 unspecified atom stereocenters. The molecule has 17 heavy (non-hydrogen) atoms. The second-order valence-corrected chi connectivity index (χ2v) is 5.42. The summed E-state index contributed by atoms with van der Waals surface area (Å²) in [4.78, 5) is 10.9. The van der Waals surface area contributed by atoms with Crippen LogP contribution in [0.15, 0.2) is 40.8 Å². The molecule has 1 aromatic carbocycles. The van der Waals surface area contributed by atoms with Gasteiger partial charge < -0.3 is 10.6 Å². The quantitative estimate of drug-likeness (QED) is 0.696. The van der Waals surface area contributed by atoms with Crippen LogP contribution in [0.5, 0.6) is 0 Å². The molecule has 0 spiro atoms. The zero-order valence-corrected chi connectivity index (χ0v) is 10.4. The van der Waals surface area contributed by atoms with Crippen molar-refractivity contribution >= 4 is 34.8 Å². The van der Waals surface area contributed by atoms with E-state index in [0.29, 0.717) is 17.0 Å². The summed E-state index contributed by atoms with van der Waals surface area (Å²) < 4.78 is 14.8. The summed E-state index contributed by atoms with van der Waals surface area (Å²) in [7, 11) is -1.27. The van der Waals surface area contributed by atoms with Gasteiger partial charge in [-0.3, -0.25) is 4.79 Å². The molecule has 1 aliphatic rings. The fraction of sp³-hybridized carbons (Fsp3) is 0.100. The average Bonchev–Trinajstić information content (AvgIpc) is 2.83. The fourth-order valence-corrected chi connectivity index (χ4v) is 2.99. The van der Waals surface area contributed by atoms with E-state index in [-0.39, 0.29) is 5.50 Å². The lowest BCUT2D eigenvalue weighted by Crippen LogP contribution is -2.35. The molecule has 3 N–H and O–H groups in total. The highest BCUT2D eigenvalue weighted by molar-refractivity contribution is 8.03. The molecule has 0 saturated heterocycles. The van der Waals surface area contributed by atoms with E-state index in [1.807, 2.05) is 5.41 Å². The first kappa shape index (κ1) is 12.2. The van der Waals surface area contributed by atoms with Crippen LogP contribution < -0.4 is 15.4 Å². The Morgan fingerprint density at radius 3 is 2.71 bits per heavy atom. The van der Waals surface area contributed by atoms with Crippen molar-refractivity contribution in [1.82, 2.24) is 10.0 Å². The van der Waals surface area contributed by atoms with E-state index in [1.54, 1.807) is 30.5 Å². The number of carbonyl (C=O) groups excluding carboxylic acids is 1. The Morgan fingerprint density at radius 1 is 1.35 bits per heavy atom. The molecule has 1 heterocycles. The Bertz CT molecular complexity index is 439. The number of hydrogen-bond acceptors (Lipinski definition) is 4. The Morgan fingerprint density at radius 2 is 2.12 bits per heavy atom. The Labute approximate surface area is 106 Å². The molecule has 0 aliphatic carbocycles. The largest absolute Gasteiger partial charge is 0.366 e. The first-order valence-electron chi connectivity index (χ1n) is 4.84. The molecule has 1 aromatic rings. The lowest BCUT2D eigenvalue weighted by Gasteiger charge is -2.11. The molecule has 2 rings (SSSR count). The van der Waals surface area contributed by atoms with Gasteiger partial charge in [-0.2, -0.15) is 0 Å². The van der Waals surface area contributed by atoms with Crippen LogP contribution in [-0.2, 0) is 15.8 Å². The summed E-state index contributed by atoms with van der Waals surface area (Å²) in [6, 6.07) is 6.83. The van der Waals surface area contributed by atoms with Gasteiger partial charge in [0, 0.05) is 11.9 Å². The molecule has 1 amide bonds. The number of carbonyl (C=O) groups is 1. The van der Waals surface area contributed by atoms with Gasteiger partial charge >= 0.3 is 0 Å². The summed E-state index contributed by atoms with van der Waals surface area (Å²) in [6.45, 7) is 0. The number of hydrogen-bond donors (Lipinski definition) is 3. The van der Waals surface area contributed by atoms with Crippen LogP contribution >= 0.6 is 11.8 Å². The SMILES string of the molecule is O=CNc1ccc(S(=O)NC2NC=CS2)cc1. The van der Waals surface area contributed by atoms with Crippen molar-refractivity contribution < 1.29 is 9.00 Å². The minimum absolute atomic E-state index is 0.0661. The van der Waals surface area contributed by atoms with Gasteiger partial charge in [0.15, 0.2) is 0 Å². The first-order chi connectivity index (χ1) is 8.29. The lowest BCUT2D eigenvalue weighted by molar-refractivity contribution is -0.105. The first-order valence-corrected chi connectivity index (χ1v) is 6.93. The molecular weight excluding hydrogens is 258 g/mol. The minimum Gasteiger partial charge on any atom is -0.366 e. The topological polar surface area (TPSA) is 70.2 Å². The van der Waals surface area contributed by atoms with Crippen LogP contribution in [0, 0.1) is 0 Å². The molecule has 0 saturated carbocycles. The lowest BCUT2D eigenvalue weighted by atomic mass is 10.3. The van der Waals surface area contributed by atoms with Crippen LogP contribution in [0.25, 0.3) is 0 Å². The number of amides is 1. The summed E-state index contributed by atoms with van der Waals surface area (Å²) in [5.74, 6) is 0. The normalized spacial score (nSPS) is 19.6. The van der Waals surface area contributed by atoms with E-state index in [2.05, 4.69) is 15.4 Å². The van der Waals surface area contributed by atoms with Crippen LogP contribution in [0.4, 0.5) is 5.69 Å². The second kappa shape index (κ2) is 5.85. The maximum atomic E-state index is 11.9. The Kier molecular flexibility index (Phi) is 4.18. The molecule has 90 valence electrons. The van der Waals surface area contributed by atoms with Gasteiger partial charge in [-0.15, -0.1) is 0 Å². The van der Waals surface area contributed by atoms with E-state index in [0.717, 1.165) is 0 Å². The van der Waals surface area contributed by atoms with Crippen molar-refractivity contribution in [3.63, 3.8) is 0 Å². The predicted octanol–water partition coefficient (Wildman–Crippen LogP) is 0.958. The van der Waals surface area contributed by atoms with Crippen molar-refractivity contribution in [2.45, 2.75) is 10.4 Å². The van der Waals surface area contributed by atoms with Crippen LogP contribution in [-0.4, -0.2) is 16.1 Å². The number of nitrogens with one attached hydrogen (secondary N) is 3. The number of anilines is 1. The maximum absolute atomic E-state index is 11.9. The predicted molar refractivity (Wildman–Crippen MR) is 69.3 cm³/mol. The molecule has 0 radical (unpaired) electrons.